The van der Waals surface area contributed by atoms with Crippen molar-refractivity contribution in [2.45, 2.75) is 19.0 Å². The predicted octanol–water partition coefficient (Wildman–Crippen LogP) is 1.00. The van der Waals surface area contributed by atoms with Gasteiger partial charge in [-0.3, -0.25) is 14.4 Å². The fraction of sp³-hybridized carbons (Fsp3) is 0.211. The summed E-state index contributed by atoms with van der Waals surface area (Å²) < 4.78 is 17.6. The number of benzene rings is 1. The van der Waals surface area contributed by atoms with Gasteiger partial charge in [-0.25, -0.2) is 19.2 Å². The Kier molecular flexibility index (Phi) is 4.26. The number of nitrogens with one attached hydrogen (secondary N) is 1. The Labute approximate surface area is 164 Å². The molecule has 0 fully saturated rings. The van der Waals surface area contributed by atoms with Gasteiger partial charge in [0.15, 0.2) is 0 Å². The number of imidazole rings is 1. The van der Waals surface area contributed by atoms with E-state index in [0.717, 1.165) is 0 Å². The summed E-state index contributed by atoms with van der Waals surface area (Å²) >= 11 is 0. The normalized spacial score (nSPS) is 18.1. The summed E-state index contributed by atoms with van der Waals surface area (Å²) in [4.78, 5) is 36.8. The minimum absolute atomic E-state index is 0.115. The summed E-state index contributed by atoms with van der Waals surface area (Å²) in [6.45, 7) is 1.81. The minimum Gasteiger partial charge on any atom is -0.382 e. The SMILES string of the molecule is Cn1cc2n(c1=O)C[C@@](C)(c1cc(NC(=O)c3cncnc3)ccc1F)N=C2N. The van der Waals surface area contributed by atoms with Gasteiger partial charge in [-0.05, 0) is 25.1 Å². The van der Waals surface area contributed by atoms with Crippen molar-refractivity contribution in [2.75, 3.05) is 5.32 Å². The van der Waals surface area contributed by atoms with Crippen molar-refractivity contribution >= 4 is 17.4 Å². The average Bonchev–Trinajstić information content (AvgIpc) is 2.98. The molecule has 2 aromatic heterocycles. The highest BCUT2D eigenvalue weighted by atomic mass is 19.1. The maximum Gasteiger partial charge on any atom is 0.328 e. The summed E-state index contributed by atoms with van der Waals surface area (Å²) in [6, 6.07) is 4.18. The number of nitrogens with zero attached hydrogens (tertiary/aromatic N) is 5. The van der Waals surface area contributed by atoms with E-state index in [1.165, 1.54) is 46.1 Å². The van der Waals surface area contributed by atoms with Gasteiger partial charge in [0, 0.05) is 36.9 Å². The van der Waals surface area contributed by atoms with Gasteiger partial charge in [-0.15, -0.1) is 0 Å². The smallest absolute Gasteiger partial charge is 0.328 e. The maximum absolute atomic E-state index is 14.7. The molecular weight excluding hydrogens is 377 g/mol. The average molecular weight is 395 g/mol. The van der Waals surface area contributed by atoms with Crippen molar-refractivity contribution in [3.05, 3.63) is 76.2 Å². The first-order chi connectivity index (χ1) is 13.8. The lowest BCUT2D eigenvalue weighted by molar-refractivity contribution is 0.102. The zero-order chi connectivity index (χ0) is 20.8. The van der Waals surface area contributed by atoms with E-state index in [2.05, 4.69) is 20.3 Å². The zero-order valence-electron chi connectivity index (χ0n) is 15.8. The lowest BCUT2D eigenvalue weighted by atomic mass is 9.90. The highest BCUT2D eigenvalue weighted by Gasteiger charge is 2.36. The van der Waals surface area contributed by atoms with Crippen molar-refractivity contribution in [1.82, 2.24) is 19.1 Å². The standard InChI is InChI=1S/C19H18FN7O2/c1-19(9-27-15(16(21)25-19)8-26(2)18(27)29)13-5-12(3-4-14(13)20)24-17(28)11-6-22-10-23-7-11/h3-8,10H,9H2,1-2H3,(H2,21,25)(H,24,28)/t19-/m0/s1. The van der Waals surface area contributed by atoms with Crippen LogP contribution < -0.4 is 16.7 Å². The van der Waals surface area contributed by atoms with E-state index in [1.54, 1.807) is 20.2 Å². The molecule has 3 aromatic rings. The highest BCUT2D eigenvalue weighted by molar-refractivity contribution is 6.03. The van der Waals surface area contributed by atoms with Crippen LogP contribution in [0.2, 0.25) is 0 Å². The first-order valence-corrected chi connectivity index (χ1v) is 8.77. The molecule has 3 heterocycles. The van der Waals surface area contributed by atoms with Gasteiger partial charge in [0.25, 0.3) is 5.91 Å². The Balaban J connectivity index is 1.71. The third kappa shape index (κ3) is 3.18. The number of amidine groups is 1. The van der Waals surface area contributed by atoms with Gasteiger partial charge in [-0.2, -0.15) is 0 Å². The van der Waals surface area contributed by atoms with E-state index in [9.17, 15) is 14.0 Å². The molecule has 0 spiro atoms. The van der Waals surface area contributed by atoms with Crippen LogP contribution in [0.25, 0.3) is 0 Å². The van der Waals surface area contributed by atoms with Crippen LogP contribution in [0.4, 0.5) is 10.1 Å². The van der Waals surface area contributed by atoms with Gasteiger partial charge in [0.05, 0.1) is 12.1 Å². The number of fused-ring (bicyclic) bond motifs is 1. The molecule has 0 saturated heterocycles. The molecule has 10 heteroatoms. The number of carbonyl (C=O) groups excluding carboxylic acids is 1. The van der Waals surface area contributed by atoms with Gasteiger partial charge >= 0.3 is 5.69 Å². The molecule has 4 rings (SSSR count). The number of nitrogens with two attached hydrogens (primary N) is 1. The molecule has 0 bridgehead atoms. The number of aliphatic imine (C=N–C) groups is 1. The molecular formula is C19H18FN7O2. The fourth-order valence-corrected chi connectivity index (χ4v) is 3.41. The summed E-state index contributed by atoms with van der Waals surface area (Å²) in [7, 11) is 1.61. The molecule has 148 valence electrons. The lowest BCUT2D eigenvalue weighted by Crippen LogP contribution is -2.41. The number of aromatic nitrogens is 4. The third-order valence-corrected chi connectivity index (χ3v) is 4.86. The highest BCUT2D eigenvalue weighted by Crippen LogP contribution is 2.34. The number of hydrogen-bond acceptors (Lipinski definition) is 6. The van der Waals surface area contributed by atoms with Crippen LogP contribution in [0, 0.1) is 5.82 Å². The Morgan fingerprint density at radius 3 is 2.76 bits per heavy atom. The second-order valence-electron chi connectivity index (χ2n) is 7.04. The zero-order valence-corrected chi connectivity index (χ0v) is 15.8. The first-order valence-electron chi connectivity index (χ1n) is 8.77. The number of halogens is 1. The maximum atomic E-state index is 14.7. The van der Waals surface area contributed by atoms with Crippen LogP contribution in [0.3, 0.4) is 0 Å². The Morgan fingerprint density at radius 1 is 1.31 bits per heavy atom. The van der Waals surface area contributed by atoms with Crippen molar-refractivity contribution in [3.8, 4) is 0 Å². The van der Waals surface area contributed by atoms with Gasteiger partial charge < -0.3 is 15.6 Å². The van der Waals surface area contributed by atoms with Crippen LogP contribution in [0.1, 0.15) is 28.5 Å². The third-order valence-electron chi connectivity index (χ3n) is 4.86. The summed E-state index contributed by atoms with van der Waals surface area (Å²) in [5.74, 6) is -0.800. The molecule has 1 aliphatic heterocycles. The number of hydrogen-bond donors (Lipinski definition) is 2. The Morgan fingerprint density at radius 2 is 2.03 bits per heavy atom. The number of anilines is 1. The number of amides is 1. The molecule has 1 atom stereocenters. The molecule has 1 amide bonds. The van der Waals surface area contributed by atoms with Crippen molar-refractivity contribution in [2.24, 2.45) is 17.8 Å². The fourth-order valence-electron chi connectivity index (χ4n) is 3.41. The molecule has 9 nitrogen and oxygen atoms in total. The van der Waals surface area contributed by atoms with Crippen LogP contribution in [-0.2, 0) is 19.1 Å². The second kappa shape index (κ2) is 6.66. The van der Waals surface area contributed by atoms with Crippen LogP contribution >= 0.6 is 0 Å². The molecule has 0 saturated carbocycles. The molecule has 0 aliphatic carbocycles. The van der Waals surface area contributed by atoms with Gasteiger partial charge in [0.1, 0.15) is 29.2 Å². The summed E-state index contributed by atoms with van der Waals surface area (Å²) in [6.07, 6.45) is 5.67. The number of rotatable bonds is 3. The monoisotopic (exact) mass is 395 g/mol. The van der Waals surface area contributed by atoms with E-state index in [0.29, 0.717) is 11.4 Å². The summed E-state index contributed by atoms with van der Waals surface area (Å²) in [5.41, 5.74) is 6.01. The molecule has 3 N–H and O–H groups in total. The molecule has 1 aromatic carbocycles. The molecule has 29 heavy (non-hydrogen) atoms. The van der Waals surface area contributed by atoms with Gasteiger partial charge in [0.2, 0.25) is 0 Å². The van der Waals surface area contributed by atoms with Gasteiger partial charge in [-0.1, -0.05) is 0 Å². The summed E-state index contributed by atoms with van der Waals surface area (Å²) in [5, 5.41) is 2.69. The van der Waals surface area contributed by atoms with Crippen LogP contribution in [0.5, 0.6) is 0 Å². The van der Waals surface area contributed by atoms with Crippen LogP contribution in [-0.4, -0.2) is 30.8 Å². The largest absolute Gasteiger partial charge is 0.382 e. The van der Waals surface area contributed by atoms with Crippen molar-refractivity contribution in [1.29, 1.82) is 0 Å². The topological polar surface area (TPSA) is 120 Å². The van der Waals surface area contributed by atoms with E-state index in [4.69, 9.17) is 5.73 Å². The molecule has 0 radical (unpaired) electrons. The second-order valence-corrected chi connectivity index (χ2v) is 7.04. The Bertz CT molecular complexity index is 1200. The van der Waals surface area contributed by atoms with E-state index in [1.807, 2.05) is 0 Å². The van der Waals surface area contributed by atoms with E-state index in [-0.39, 0.29) is 29.2 Å². The lowest BCUT2D eigenvalue weighted by Gasteiger charge is -2.31. The predicted molar refractivity (Wildman–Crippen MR) is 104 cm³/mol. The van der Waals surface area contributed by atoms with Crippen molar-refractivity contribution < 1.29 is 9.18 Å². The molecule has 0 unspecified atom stereocenters. The van der Waals surface area contributed by atoms with Crippen molar-refractivity contribution in [3.63, 3.8) is 0 Å². The number of carbonyl (C=O) groups is 1. The quantitative estimate of drug-likeness (QED) is 0.686. The van der Waals surface area contributed by atoms with Crippen LogP contribution in [0.15, 0.2) is 52.9 Å². The minimum atomic E-state index is -1.12. The van der Waals surface area contributed by atoms with E-state index < -0.39 is 17.3 Å². The first kappa shape index (κ1) is 18.5. The number of aryl methyl sites for hydroxylation is 1. The Hall–Kier alpha value is -3.82. The van der Waals surface area contributed by atoms with E-state index >= 15 is 0 Å². The molecule has 1 aliphatic rings.